The summed E-state index contributed by atoms with van der Waals surface area (Å²) in [5.74, 6) is -0.984. The van der Waals surface area contributed by atoms with Crippen LogP contribution in [0.25, 0.3) is 0 Å². The van der Waals surface area contributed by atoms with E-state index in [1.807, 2.05) is 60.8 Å². The molecule has 0 radical (unpaired) electrons. The van der Waals surface area contributed by atoms with E-state index in [4.69, 9.17) is 14.2 Å². The van der Waals surface area contributed by atoms with E-state index in [9.17, 15) is 14.4 Å². The molecule has 362 valence electrons. The first-order chi connectivity index (χ1) is 31.5. The Morgan fingerprint density at radius 3 is 1.02 bits per heavy atom. The van der Waals surface area contributed by atoms with Crippen LogP contribution in [0.5, 0.6) is 0 Å². The molecule has 0 amide bonds. The van der Waals surface area contributed by atoms with Crippen LogP contribution in [0, 0.1) is 0 Å². The molecule has 1 unspecified atom stereocenters. The van der Waals surface area contributed by atoms with Gasteiger partial charge in [-0.05, 0) is 83.5 Å². The van der Waals surface area contributed by atoms with Crippen LogP contribution in [-0.4, -0.2) is 37.2 Å². The zero-order chi connectivity index (χ0) is 46.5. The molecule has 0 aliphatic rings. The van der Waals surface area contributed by atoms with Crippen molar-refractivity contribution in [2.75, 3.05) is 13.2 Å². The van der Waals surface area contributed by atoms with Gasteiger partial charge in [0.15, 0.2) is 6.10 Å². The van der Waals surface area contributed by atoms with Gasteiger partial charge in [0.25, 0.3) is 0 Å². The van der Waals surface area contributed by atoms with Crippen molar-refractivity contribution in [2.24, 2.45) is 0 Å². The van der Waals surface area contributed by atoms with E-state index in [2.05, 4.69) is 69.4 Å². The van der Waals surface area contributed by atoms with Gasteiger partial charge in [-0.2, -0.15) is 0 Å². The van der Waals surface area contributed by atoms with Crippen LogP contribution in [0.4, 0.5) is 0 Å². The van der Waals surface area contributed by atoms with Crippen molar-refractivity contribution in [1.82, 2.24) is 0 Å². The summed E-state index contributed by atoms with van der Waals surface area (Å²) in [4.78, 5) is 38.0. The zero-order valence-electron chi connectivity index (χ0n) is 41.3. The minimum atomic E-state index is -0.811. The van der Waals surface area contributed by atoms with Gasteiger partial charge in [-0.1, -0.05) is 226 Å². The van der Waals surface area contributed by atoms with Gasteiger partial charge in [0.1, 0.15) is 13.2 Å². The normalized spacial score (nSPS) is 13.0. The van der Waals surface area contributed by atoms with Gasteiger partial charge in [-0.25, -0.2) is 0 Å². The van der Waals surface area contributed by atoms with Gasteiger partial charge >= 0.3 is 17.9 Å². The molecule has 6 nitrogen and oxygen atoms in total. The first-order valence-corrected chi connectivity index (χ1v) is 26.0. The predicted molar refractivity (Wildman–Crippen MR) is 274 cm³/mol. The lowest BCUT2D eigenvalue weighted by atomic mass is 10.1. The second kappa shape index (κ2) is 51.7. The van der Waals surface area contributed by atoms with Crippen molar-refractivity contribution >= 4 is 17.9 Å². The minimum Gasteiger partial charge on any atom is -0.462 e. The van der Waals surface area contributed by atoms with E-state index in [-0.39, 0.29) is 37.5 Å². The number of hydrogen-bond acceptors (Lipinski definition) is 6. The van der Waals surface area contributed by atoms with Gasteiger partial charge < -0.3 is 14.2 Å². The van der Waals surface area contributed by atoms with Crippen LogP contribution >= 0.6 is 0 Å². The average molecular weight is 887 g/mol. The molecule has 0 saturated heterocycles. The summed E-state index contributed by atoms with van der Waals surface area (Å²) in [6.45, 7) is 6.29. The Balaban J connectivity index is 4.48. The van der Waals surface area contributed by atoms with Crippen LogP contribution in [0.2, 0.25) is 0 Å². The molecule has 0 N–H and O–H groups in total. The van der Waals surface area contributed by atoms with Gasteiger partial charge in [-0.15, -0.1) is 0 Å². The molecule has 0 aromatic heterocycles. The summed E-state index contributed by atoms with van der Waals surface area (Å²) < 4.78 is 16.7. The maximum Gasteiger partial charge on any atom is 0.306 e. The summed E-state index contributed by atoms with van der Waals surface area (Å²) >= 11 is 0. The maximum absolute atomic E-state index is 12.8. The lowest BCUT2D eigenvalue weighted by Gasteiger charge is -2.18. The maximum atomic E-state index is 12.8. The summed E-state index contributed by atoms with van der Waals surface area (Å²) in [5.41, 5.74) is 0. The van der Waals surface area contributed by atoms with E-state index in [1.165, 1.54) is 70.6 Å². The van der Waals surface area contributed by atoms with Crippen molar-refractivity contribution in [3.63, 3.8) is 0 Å². The Labute approximate surface area is 393 Å². The third kappa shape index (κ3) is 49.1. The molecule has 0 bridgehead atoms. The smallest absolute Gasteiger partial charge is 0.306 e. The molecular formula is C58H94O6. The highest BCUT2D eigenvalue weighted by Gasteiger charge is 2.19. The molecule has 0 aromatic rings. The standard InChI is InChI=1S/C58H94O6/c1-4-7-10-13-16-19-22-25-27-28-29-31-33-36-39-42-45-48-51-57(60)63-54-55(53-62-56(59)50-47-44-41-38-35-32-24-21-18-15-12-9-6-3)64-58(61)52-49-46-43-40-37-34-30-26-23-20-17-14-11-8-5-2/h8-9,11-12,14-15,17-18,20-21,23-24,26,29-32,35,55H,4-7,10,13,16,19,22,25,27-28,33-34,36-54H2,1-3H3/b11-8-,12-9-,17-14-,18-15-,23-20-,24-21-,30-26-,31-29-,35-32-. The molecule has 0 heterocycles. The minimum absolute atomic E-state index is 0.107. The molecule has 0 aliphatic heterocycles. The van der Waals surface area contributed by atoms with Crippen LogP contribution < -0.4 is 0 Å². The van der Waals surface area contributed by atoms with Crippen molar-refractivity contribution in [3.05, 3.63) is 109 Å². The Morgan fingerprint density at radius 2 is 0.625 bits per heavy atom. The quantitative estimate of drug-likeness (QED) is 0.0199. The topological polar surface area (TPSA) is 78.9 Å². The Kier molecular flexibility index (Phi) is 48.5. The SMILES string of the molecule is CC\C=C/C=C\C=C/C=C\CCCCCCCC(=O)OC(COC(=O)CCCCC\C=C/C=C\C=C/C=C\CC)COC(=O)CCCCCCC/C=C\CCCCCCCCCCC. The van der Waals surface area contributed by atoms with E-state index in [0.717, 1.165) is 109 Å². The van der Waals surface area contributed by atoms with Gasteiger partial charge in [0.2, 0.25) is 0 Å². The summed E-state index contributed by atoms with van der Waals surface area (Å²) in [7, 11) is 0. The molecule has 0 spiro atoms. The fourth-order valence-electron chi connectivity index (χ4n) is 6.81. The van der Waals surface area contributed by atoms with Crippen LogP contribution in [-0.2, 0) is 28.6 Å². The number of unbranched alkanes of at least 4 members (excludes halogenated alkanes) is 22. The van der Waals surface area contributed by atoms with Crippen molar-refractivity contribution < 1.29 is 28.6 Å². The Hall–Kier alpha value is -3.93. The van der Waals surface area contributed by atoms with E-state index < -0.39 is 6.10 Å². The second-order valence-electron chi connectivity index (χ2n) is 16.8. The van der Waals surface area contributed by atoms with Crippen molar-refractivity contribution in [3.8, 4) is 0 Å². The van der Waals surface area contributed by atoms with Gasteiger partial charge in [0, 0.05) is 19.3 Å². The molecular weight excluding hydrogens is 793 g/mol. The number of allylic oxidation sites excluding steroid dienone is 18. The summed E-state index contributed by atoms with van der Waals surface area (Å²) in [5, 5.41) is 0. The van der Waals surface area contributed by atoms with Crippen LogP contribution in [0.1, 0.15) is 220 Å². The van der Waals surface area contributed by atoms with E-state index >= 15 is 0 Å². The largest absolute Gasteiger partial charge is 0.462 e. The fraction of sp³-hybridized carbons (Fsp3) is 0.638. The van der Waals surface area contributed by atoms with Crippen LogP contribution in [0.15, 0.2) is 109 Å². The molecule has 0 rings (SSSR count). The molecule has 6 heteroatoms. The van der Waals surface area contributed by atoms with E-state index in [0.29, 0.717) is 12.8 Å². The first-order valence-electron chi connectivity index (χ1n) is 26.0. The highest BCUT2D eigenvalue weighted by atomic mass is 16.6. The summed E-state index contributed by atoms with van der Waals surface area (Å²) in [6.07, 6.45) is 69.3. The number of hydrogen-bond donors (Lipinski definition) is 0. The average Bonchev–Trinajstić information content (AvgIpc) is 3.29. The third-order valence-corrected chi connectivity index (χ3v) is 10.7. The highest BCUT2D eigenvalue weighted by Crippen LogP contribution is 2.14. The molecule has 1 atom stereocenters. The fourth-order valence-corrected chi connectivity index (χ4v) is 6.81. The molecule has 0 aromatic carbocycles. The van der Waals surface area contributed by atoms with Gasteiger partial charge in [0.05, 0.1) is 0 Å². The Morgan fingerprint density at radius 1 is 0.328 bits per heavy atom. The lowest BCUT2D eigenvalue weighted by Crippen LogP contribution is -2.30. The number of ether oxygens (including phenoxy) is 3. The van der Waals surface area contributed by atoms with Crippen molar-refractivity contribution in [1.29, 1.82) is 0 Å². The monoisotopic (exact) mass is 887 g/mol. The molecule has 64 heavy (non-hydrogen) atoms. The molecule has 0 aliphatic carbocycles. The Bertz CT molecular complexity index is 1340. The predicted octanol–water partition coefficient (Wildman–Crippen LogP) is 17.1. The number of esters is 3. The van der Waals surface area contributed by atoms with E-state index in [1.54, 1.807) is 0 Å². The van der Waals surface area contributed by atoms with Crippen molar-refractivity contribution in [2.45, 2.75) is 226 Å². The molecule has 0 fully saturated rings. The highest BCUT2D eigenvalue weighted by molar-refractivity contribution is 5.71. The lowest BCUT2D eigenvalue weighted by molar-refractivity contribution is -0.167. The third-order valence-electron chi connectivity index (χ3n) is 10.7. The number of carbonyl (C=O) groups is 3. The number of rotatable bonds is 45. The molecule has 0 saturated carbocycles. The second-order valence-corrected chi connectivity index (χ2v) is 16.8. The zero-order valence-corrected chi connectivity index (χ0v) is 41.3. The van der Waals surface area contributed by atoms with Gasteiger partial charge in [-0.3, -0.25) is 14.4 Å². The first kappa shape index (κ1) is 60.1. The summed E-state index contributed by atoms with van der Waals surface area (Å²) in [6, 6.07) is 0. The van der Waals surface area contributed by atoms with Crippen LogP contribution in [0.3, 0.4) is 0 Å². The number of carbonyl (C=O) groups excluding carboxylic acids is 3.